The Balaban J connectivity index is 1.87. The number of benzene rings is 2. The van der Waals surface area contributed by atoms with Gasteiger partial charge in [-0.3, -0.25) is 19.7 Å². The van der Waals surface area contributed by atoms with Gasteiger partial charge in [0.15, 0.2) is 0 Å². The minimum atomic E-state index is -0.681. The number of nitro benzene ring substituents is 1. The Bertz CT molecular complexity index is 819. The summed E-state index contributed by atoms with van der Waals surface area (Å²) in [4.78, 5) is 34.3. The first kappa shape index (κ1) is 19.9. The summed E-state index contributed by atoms with van der Waals surface area (Å²) >= 11 is 0. The summed E-state index contributed by atoms with van der Waals surface area (Å²) in [5.74, 6) is -0.412. The summed E-state index contributed by atoms with van der Waals surface area (Å²) in [6.07, 6.45) is -0.681. The van der Waals surface area contributed by atoms with Crippen molar-refractivity contribution < 1.29 is 24.0 Å². The van der Waals surface area contributed by atoms with Crippen LogP contribution in [0.15, 0.2) is 48.5 Å². The monoisotopic (exact) mass is 372 g/mol. The Morgan fingerprint density at radius 2 is 1.89 bits per heavy atom. The quantitative estimate of drug-likeness (QED) is 0.433. The number of nitro groups is 1. The number of hydrogen-bond acceptors (Lipinski definition) is 6. The van der Waals surface area contributed by atoms with Crippen molar-refractivity contribution in [1.82, 2.24) is 5.32 Å². The molecule has 0 unspecified atom stereocenters. The zero-order valence-corrected chi connectivity index (χ0v) is 15.0. The predicted molar refractivity (Wildman–Crippen MR) is 97.5 cm³/mol. The van der Waals surface area contributed by atoms with Crippen LogP contribution in [0.4, 0.5) is 5.69 Å². The van der Waals surface area contributed by atoms with E-state index in [2.05, 4.69) is 5.32 Å². The fourth-order valence-electron chi connectivity index (χ4n) is 2.32. The first-order valence-corrected chi connectivity index (χ1v) is 8.35. The van der Waals surface area contributed by atoms with Crippen molar-refractivity contribution in [3.8, 4) is 5.75 Å². The number of carbonyl (C=O) groups excluding carboxylic acids is 2. The highest BCUT2D eigenvalue weighted by Crippen LogP contribution is 2.21. The molecule has 8 heteroatoms. The molecular weight excluding hydrogens is 352 g/mol. The van der Waals surface area contributed by atoms with E-state index in [1.807, 2.05) is 6.92 Å². The number of non-ortho nitro benzene ring substituents is 1. The molecule has 0 aromatic heterocycles. The maximum Gasteiger partial charge on any atom is 0.326 e. The van der Waals surface area contributed by atoms with Crippen LogP contribution in [0.25, 0.3) is 0 Å². The molecule has 2 rings (SSSR count). The van der Waals surface area contributed by atoms with Crippen LogP contribution in [0.5, 0.6) is 5.75 Å². The summed E-state index contributed by atoms with van der Waals surface area (Å²) in [7, 11) is 0. The molecule has 27 heavy (non-hydrogen) atoms. The number of hydrogen-bond donors (Lipinski definition) is 1. The van der Waals surface area contributed by atoms with Gasteiger partial charge in [0.05, 0.1) is 11.5 Å². The average molecular weight is 372 g/mol. The van der Waals surface area contributed by atoms with E-state index >= 15 is 0 Å². The third-order valence-electron chi connectivity index (χ3n) is 3.68. The third kappa shape index (κ3) is 5.81. The van der Waals surface area contributed by atoms with Crippen LogP contribution >= 0.6 is 0 Å². The molecule has 1 N–H and O–H groups in total. The van der Waals surface area contributed by atoms with Crippen molar-refractivity contribution in [2.24, 2.45) is 0 Å². The van der Waals surface area contributed by atoms with Crippen LogP contribution in [-0.4, -0.2) is 30.0 Å². The van der Waals surface area contributed by atoms with Crippen molar-refractivity contribution >= 4 is 17.6 Å². The molecular formula is C19H20N2O6. The Morgan fingerprint density at radius 3 is 2.52 bits per heavy atom. The Kier molecular flexibility index (Phi) is 6.87. The first-order valence-electron chi connectivity index (χ1n) is 8.35. The second kappa shape index (κ2) is 9.33. The van der Waals surface area contributed by atoms with Gasteiger partial charge < -0.3 is 14.8 Å². The van der Waals surface area contributed by atoms with Gasteiger partial charge in [-0.15, -0.1) is 0 Å². The number of amides is 1. The second-order valence-corrected chi connectivity index (χ2v) is 5.62. The minimum Gasteiger partial charge on any atom is -0.494 e. The lowest BCUT2D eigenvalue weighted by Gasteiger charge is -2.14. The van der Waals surface area contributed by atoms with Gasteiger partial charge >= 0.3 is 5.97 Å². The highest BCUT2D eigenvalue weighted by atomic mass is 16.6. The normalized spacial score (nSPS) is 11.3. The van der Waals surface area contributed by atoms with Crippen LogP contribution < -0.4 is 10.1 Å². The zero-order chi connectivity index (χ0) is 19.8. The van der Waals surface area contributed by atoms with Gasteiger partial charge in [-0.1, -0.05) is 12.1 Å². The summed E-state index contributed by atoms with van der Waals surface area (Å²) in [5.41, 5.74) is 0.799. The maximum absolute atomic E-state index is 12.1. The van der Waals surface area contributed by atoms with E-state index in [9.17, 15) is 19.7 Å². The van der Waals surface area contributed by atoms with Gasteiger partial charge in [-0.25, -0.2) is 0 Å². The van der Waals surface area contributed by atoms with E-state index in [4.69, 9.17) is 9.47 Å². The number of carbonyl (C=O) groups is 2. The standard InChI is InChI=1S/C19H20N2O6/c1-3-26-17-9-7-14(8-10-17)19(23)20-12-18(22)27-13(2)15-5-4-6-16(11-15)21(24)25/h4-11,13H,3,12H2,1-2H3,(H,20,23)/t13-/m0/s1. The van der Waals surface area contributed by atoms with E-state index in [1.165, 1.54) is 18.2 Å². The fourth-order valence-corrected chi connectivity index (χ4v) is 2.32. The molecule has 8 nitrogen and oxygen atoms in total. The molecule has 2 aromatic rings. The second-order valence-electron chi connectivity index (χ2n) is 5.62. The third-order valence-corrected chi connectivity index (χ3v) is 3.68. The number of ether oxygens (including phenoxy) is 2. The van der Waals surface area contributed by atoms with E-state index in [-0.39, 0.29) is 12.2 Å². The molecule has 0 saturated carbocycles. The lowest BCUT2D eigenvalue weighted by atomic mass is 10.1. The Labute approximate surface area is 156 Å². The number of rotatable bonds is 8. The smallest absolute Gasteiger partial charge is 0.326 e. The van der Waals surface area contributed by atoms with E-state index in [1.54, 1.807) is 37.3 Å². The van der Waals surface area contributed by atoms with Crippen molar-refractivity contribution in [3.05, 3.63) is 69.8 Å². The van der Waals surface area contributed by atoms with Gasteiger partial charge in [0.2, 0.25) is 0 Å². The van der Waals surface area contributed by atoms with Crippen LogP contribution in [0.1, 0.15) is 35.9 Å². The van der Waals surface area contributed by atoms with E-state index in [0.29, 0.717) is 23.5 Å². The lowest BCUT2D eigenvalue weighted by Crippen LogP contribution is -2.31. The molecule has 0 fully saturated rings. The fraction of sp³-hybridized carbons (Fsp3) is 0.263. The number of esters is 1. The molecule has 0 bridgehead atoms. The SMILES string of the molecule is CCOc1ccc(C(=O)NCC(=O)O[C@@H](C)c2cccc([N+](=O)[O-])c2)cc1. The molecule has 0 heterocycles. The van der Waals surface area contributed by atoms with Gasteiger partial charge in [0, 0.05) is 17.7 Å². The minimum absolute atomic E-state index is 0.0841. The van der Waals surface area contributed by atoms with Crippen LogP contribution in [-0.2, 0) is 9.53 Å². The van der Waals surface area contributed by atoms with Gasteiger partial charge in [0.25, 0.3) is 11.6 Å². The van der Waals surface area contributed by atoms with Crippen molar-refractivity contribution in [2.75, 3.05) is 13.2 Å². The molecule has 142 valence electrons. The highest BCUT2D eigenvalue weighted by molar-refractivity contribution is 5.96. The van der Waals surface area contributed by atoms with Crippen LogP contribution in [0, 0.1) is 10.1 Å². The van der Waals surface area contributed by atoms with Crippen molar-refractivity contribution in [3.63, 3.8) is 0 Å². The van der Waals surface area contributed by atoms with Gasteiger partial charge in [0.1, 0.15) is 18.4 Å². The molecule has 2 aromatic carbocycles. The average Bonchev–Trinajstić information content (AvgIpc) is 2.67. The van der Waals surface area contributed by atoms with Crippen LogP contribution in [0.3, 0.4) is 0 Å². The summed E-state index contributed by atoms with van der Waals surface area (Å²) in [6, 6.07) is 12.4. The molecule has 0 aliphatic heterocycles. The molecule has 1 amide bonds. The molecule has 0 aliphatic rings. The molecule has 0 aliphatic carbocycles. The van der Waals surface area contributed by atoms with Crippen LogP contribution in [0.2, 0.25) is 0 Å². The van der Waals surface area contributed by atoms with Crippen molar-refractivity contribution in [1.29, 1.82) is 0 Å². The Hall–Kier alpha value is -3.42. The largest absolute Gasteiger partial charge is 0.494 e. The zero-order valence-electron chi connectivity index (χ0n) is 15.0. The highest BCUT2D eigenvalue weighted by Gasteiger charge is 2.16. The first-order chi connectivity index (χ1) is 12.9. The van der Waals surface area contributed by atoms with Gasteiger partial charge in [-0.2, -0.15) is 0 Å². The van der Waals surface area contributed by atoms with E-state index in [0.717, 1.165) is 0 Å². The van der Waals surface area contributed by atoms with Gasteiger partial charge in [-0.05, 0) is 43.7 Å². The topological polar surface area (TPSA) is 108 Å². The molecule has 0 spiro atoms. The molecule has 0 saturated heterocycles. The predicted octanol–water partition coefficient (Wildman–Crippen LogP) is 3.03. The lowest BCUT2D eigenvalue weighted by molar-refractivity contribution is -0.385. The summed E-state index contributed by atoms with van der Waals surface area (Å²) in [5, 5.41) is 13.3. The summed E-state index contributed by atoms with van der Waals surface area (Å²) < 4.78 is 10.5. The molecule has 1 atom stereocenters. The maximum atomic E-state index is 12.1. The Morgan fingerprint density at radius 1 is 1.19 bits per heavy atom. The van der Waals surface area contributed by atoms with Crippen molar-refractivity contribution in [2.45, 2.75) is 20.0 Å². The summed E-state index contributed by atoms with van der Waals surface area (Å²) in [6.45, 7) is 3.68. The number of nitrogens with zero attached hydrogens (tertiary/aromatic N) is 1. The molecule has 0 radical (unpaired) electrons. The number of nitrogens with one attached hydrogen (secondary N) is 1. The van der Waals surface area contributed by atoms with E-state index < -0.39 is 22.9 Å².